The normalized spacial score (nSPS) is 10.9. The van der Waals surface area contributed by atoms with Crippen molar-refractivity contribution in [1.82, 2.24) is 5.48 Å². The van der Waals surface area contributed by atoms with Crippen LogP contribution in [0.3, 0.4) is 0 Å². The van der Waals surface area contributed by atoms with Gasteiger partial charge in [0.25, 0.3) is 0 Å². The number of rotatable bonds is 8. The van der Waals surface area contributed by atoms with Crippen molar-refractivity contribution in [3.8, 4) is 34.5 Å². The van der Waals surface area contributed by atoms with Gasteiger partial charge < -0.3 is 28.4 Å². The minimum Gasteiger partial charge on any atom is -0.493 e. The fourth-order valence-electron chi connectivity index (χ4n) is 2.73. The topological polar surface area (TPSA) is 100 Å². The molecule has 152 valence electrons. The molecule has 0 radical (unpaired) electrons. The molecule has 0 aliphatic heterocycles. The number of nitrogens with zero attached hydrogens (tertiary/aromatic N) is 1. The molecule has 0 unspecified atom stereocenters. The molecule has 0 bridgehead atoms. The number of hydrogen-bond acceptors (Lipinski definition) is 8. The number of benzene rings is 2. The molecule has 0 heterocycles. The molecule has 0 spiro atoms. The molecule has 9 heteroatoms. The third kappa shape index (κ3) is 3.84. The van der Waals surface area contributed by atoms with Gasteiger partial charge in [-0.2, -0.15) is 0 Å². The van der Waals surface area contributed by atoms with Crippen LogP contribution in [0.2, 0.25) is 0 Å². The maximum atomic E-state index is 9.74. The van der Waals surface area contributed by atoms with Crippen LogP contribution in [-0.2, 0) is 0 Å². The molecule has 2 aromatic carbocycles. The van der Waals surface area contributed by atoms with E-state index in [2.05, 4.69) is 10.5 Å². The summed E-state index contributed by atoms with van der Waals surface area (Å²) in [7, 11) is 8.99. The largest absolute Gasteiger partial charge is 0.493 e. The van der Waals surface area contributed by atoms with E-state index in [4.69, 9.17) is 28.4 Å². The van der Waals surface area contributed by atoms with E-state index in [0.29, 0.717) is 45.7 Å². The molecule has 0 saturated heterocycles. The molecule has 0 saturated carbocycles. The molecule has 0 aliphatic rings. The average Bonchev–Trinajstić information content (AvgIpc) is 2.75. The monoisotopic (exact) mass is 392 g/mol. The molecule has 0 fully saturated rings. The van der Waals surface area contributed by atoms with E-state index in [1.807, 2.05) is 0 Å². The molecule has 9 nitrogen and oxygen atoms in total. The number of aliphatic imine (C=N–C) groups is 1. The maximum Gasteiger partial charge on any atom is 0.205 e. The van der Waals surface area contributed by atoms with Gasteiger partial charge in [-0.1, -0.05) is 0 Å². The van der Waals surface area contributed by atoms with Crippen molar-refractivity contribution in [2.45, 2.75) is 0 Å². The van der Waals surface area contributed by atoms with Crippen LogP contribution < -0.4 is 33.9 Å². The van der Waals surface area contributed by atoms with Crippen LogP contribution in [0.1, 0.15) is 5.56 Å². The molecule has 0 amide bonds. The highest BCUT2D eigenvalue weighted by Gasteiger charge is 2.21. The lowest BCUT2D eigenvalue weighted by Gasteiger charge is -2.17. The second kappa shape index (κ2) is 9.56. The third-order valence-corrected chi connectivity index (χ3v) is 3.98. The fraction of sp³-hybridized carbons (Fsp3) is 0.316. The molecule has 0 aromatic heterocycles. The molecular weight excluding hydrogens is 368 g/mol. The van der Waals surface area contributed by atoms with Gasteiger partial charge in [-0.25, -0.2) is 4.99 Å². The fourth-order valence-corrected chi connectivity index (χ4v) is 2.73. The zero-order valence-corrected chi connectivity index (χ0v) is 16.7. The highest BCUT2D eigenvalue weighted by molar-refractivity contribution is 6.03. The molecule has 2 aromatic rings. The second-order valence-corrected chi connectivity index (χ2v) is 5.31. The summed E-state index contributed by atoms with van der Waals surface area (Å²) in [5.74, 6) is 2.48. The summed E-state index contributed by atoms with van der Waals surface area (Å²) in [6.07, 6.45) is 0. The van der Waals surface area contributed by atoms with Crippen LogP contribution in [0.25, 0.3) is 0 Å². The number of methoxy groups -OCH3 is 6. The lowest BCUT2D eigenvalue weighted by Crippen LogP contribution is -2.21. The highest BCUT2D eigenvalue weighted by atomic mass is 16.5. The Morgan fingerprint density at radius 1 is 0.679 bits per heavy atom. The van der Waals surface area contributed by atoms with Crippen molar-refractivity contribution in [2.75, 3.05) is 42.7 Å². The van der Waals surface area contributed by atoms with Crippen LogP contribution in [0.15, 0.2) is 29.3 Å². The van der Waals surface area contributed by atoms with Crippen LogP contribution in [0.4, 0.5) is 5.69 Å². The van der Waals surface area contributed by atoms with Crippen molar-refractivity contribution in [3.05, 3.63) is 29.8 Å². The predicted molar refractivity (Wildman–Crippen MR) is 103 cm³/mol. The van der Waals surface area contributed by atoms with E-state index in [9.17, 15) is 5.21 Å². The first-order valence-corrected chi connectivity index (χ1v) is 8.17. The predicted octanol–water partition coefficient (Wildman–Crippen LogP) is 2.80. The molecule has 2 N–H and O–H groups in total. The minimum atomic E-state index is 0.100. The summed E-state index contributed by atoms with van der Waals surface area (Å²) in [4.78, 5) is 4.46. The number of hydroxylamine groups is 1. The van der Waals surface area contributed by atoms with Crippen molar-refractivity contribution >= 4 is 11.5 Å². The van der Waals surface area contributed by atoms with Gasteiger partial charge in [0.15, 0.2) is 28.8 Å². The molecular formula is C19H24N2O7. The Kier molecular flexibility index (Phi) is 7.16. The third-order valence-electron chi connectivity index (χ3n) is 3.98. The summed E-state index contributed by atoms with van der Waals surface area (Å²) in [6.45, 7) is 0. The Labute approximate surface area is 163 Å². The van der Waals surface area contributed by atoms with E-state index in [1.54, 1.807) is 24.3 Å². The van der Waals surface area contributed by atoms with Gasteiger partial charge >= 0.3 is 0 Å². The van der Waals surface area contributed by atoms with Crippen LogP contribution >= 0.6 is 0 Å². The summed E-state index contributed by atoms with van der Waals surface area (Å²) >= 11 is 0. The Bertz CT molecular complexity index is 853. The Morgan fingerprint density at radius 3 is 1.64 bits per heavy atom. The zero-order valence-electron chi connectivity index (χ0n) is 16.7. The Hall–Kier alpha value is -3.33. The SMILES string of the molecule is COc1ccc(/N=C(\NO)c2ccc(OC)c(OC)c2OC)c(OC)c1OC. The Morgan fingerprint density at radius 2 is 1.18 bits per heavy atom. The molecule has 2 rings (SSSR count). The van der Waals surface area contributed by atoms with E-state index in [0.717, 1.165) is 0 Å². The average molecular weight is 392 g/mol. The van der Waals surface area contributed by atoms with E-state index in [1.165, 1.54) is 42.7 Å². The Balaban J connectivity index is 2.68. The van der Waals surface area contributed by atoms with E-state index >= 15 is 0 Å². The molecule has 28 heavy (non-hydrogen) atoms. The summed E-state index contributed by atoms with van der Waals surface area (Å²) in [5.41, 5.74) is 2.93. The van der Waals surface area contributed by atoms with Gasteiger partial charge in [0.05, 0.1) is 48.2 Å². The zero-order chi connectivity index (χ0) is 20.7. The van der Waals surface area contributed by atoms with Crippen molar-refractivity contribution in [2.24, 2.45) is 4.99 Å². The van der Waals surface area contributed by atoms with Gasteiger partial charge in [0.1, 0.15) is 5.69 Å². The quantitative estimate of drug-likeness (QED) is 0.402. The maximum absolute atomic E-state index is 9.74. The lowest BCUT2D eigenvalue weighted by molar-refractivity contribution is 0.234. The molecule has 0 atom stereocenters. The summed E-state index contributed by atoms with van der Waals surface area (Å²) in [6, 6.07) is 6.70. The summed E-state index contributed by atoms with van der Waals surface area (Å²) in [5, 5.41) is 9.74. The number of hydrogen-bond donors (Lipinski definition) is 2. The second-order valence-electron chi connectivity index (χ2n) is 5.31. The van der Waals surface area contributed by atoms with Crippen molar-refractivity contribution < 1.29 is 33.6 Å². The van der Waals surface area contributed by atoms with Crippen molar-refractivity contribution in [3.63, 3.8) is 0 Å². The first-order valence-electron chi connectivity index (χ1n) is 8.17. The summed E-state index contributed by atoms with van der Waals surface area (Å²) < 4.78 is 32.2. The highest BCUT2D eigenvalue weighted by Crippen LogP contribution is 2.45. The van der Waals surface area contributed by atoms with Crippen molar-refractivity contribution in [1.29, 1.82) is 0 Å². The molecule has 0 aliphatic carbocycles. The van der Waals surface area contributed by atoms with Gasteiger partial charge in [-0.15, -0.1) is 0 Å². The smallest absolute Gasteiger partial charge is 0.205 e. The van der Waals surface area contributed by atoms with Crippen LogP contribution in [-0.4, -0.2) is 53.7 Å². The number of ether oxygens (including phenoxy) is 6. The number of amidine groups is 1. The standard InChI is InChI=1S/C19H24N2O7/c1-23-13-9-7-11(15(25-3)17(13)27-5)19(21-22)20-12-8-10-14(24-2)18(28-6)16(12)26-4/h7-10,22H,1-6H3,(H,20,21). The first kappa shape index (κ1) is 21.0. The van der Waals surface area contributed by atoms with E-state index in [-0.39, 0.29) is 5.84 Å². The first-order chi connectivity index (χ1) is 13.6. The van der Waals surface area contributed by atoms with Crippen LogP contribution in [0.5, 0.6) is 34.5 Å². The lowest BCUT2D eigenvalue weighted by atomic mass is 10.1. The van der Waals surface area contributed by atoms with Gasteiger partial charge in [0.2, 0.25) is 11.5 Å². The number of nitrogens with one attached hydrogen (secondary N) is 1. The van der Waals surface area contributed by atoms with Gasteiger partial charge in [0, 0.05) is 0 Å². The van der Waals surface area contributed by atoms with Crippen LogP contribution in [0, 0.1) is 0 Å². The van der Waals surface area contributed by atoms with Gasteiger partial charge in [-0.05, 0) is 24.3 Å². The van der Waals surface area contributed by atoms with Gasteiger partial charge in [-0.3, -0.25) is 10.7 Å². The minimum absolute atomic E-state index is 0.100. The van der Waals surface area contributed by atoms with E-state index < -0.39 is 0 Å².